The number of carbonyl (C=O) groups excluding carboxylic acids is 2. The Kier molecular flexibility index (Phi) is 17.0. The van der Waals surface area contributed by atoms with Crippen molar-refractivity contribution in [1.29, 1.82) is 0 Å². The Morgan fingerprint density at radius 1 is 0.922 bits per heavy atom. The second-order valence-electron chi connectivity index (χ2n) is 19.8. The van der Waals surface area contributed by atoms with Crippen LogP contribution in [0.25, 0.3) is 10.8 Å². The largest absolute Gasteiger partial charge is 0.459 e. The number of nitrogens with one attached hydrogen (secondary N) is 1. The average molecular weight is 904 g/mol. The van der Waals surface area contributed by atoms with E-state index in [9.17, 15) is 35.1 Å². The van der Waals surface area contributed by atoms with Gasteiger partial charge in [-0.05, 0) is 99.2 Å². The van der Waals surface area contributed by atoms with E-state index in [1.807, 2.05) is 69.2 Å². The number of urea groups is 1. The Morgan fingerprint density at radius 3 is 2.22 bits per heavy atom. The third-order valence-corrected chi connectivity index (χ3v) is 14.2. The molecule has 3 aliphatic rings. The number of fused-ring (bicyclic) bond motifs is 1. The van der Waals surface area contributed by atoms with Crippen LogP contribution in [-0.4, -0.2) is 165 Å². The van der Waals surface area contributed by atoms with Gasteiger partial charge in [-0.25, -0.2) is 4.79 Å². The van der Waals surface area contributed by atoms with Crippen molar-refractivity contribution in [2.75, 3.05) is 33.1 Å². The van der Waals surface area contributed by atoms with Gasteiger partial charge in [-0.2, -0.15) is 0 Å². The first-order valence-corrected chi connectivity index (χ1v) is 22.9. The molecule has 6 N–H and O–H groups in total. The van der Waals surface area contributed by atoms with Crippen LogP contribution in [0.5, 0.6) is 0 Å². The molecule has 64 heavy (non-hydrogen) atoms. The Bertz CT molecular complexity index is 1860. The maximum atomic E-state index is 14.6. The van der Waals surface area contributed by atoms with Gasteiger partial charge in [-0.3, -0.25) is 4.79 Å². The lowest BCUT2D eigenvalue weighted by atomic mass is 9.77. The number of hydrogen-bond donors (Lipinski definition) is 6. The summed E-state index contributed by atoms with van der Waals surface area (Å²) in [5.74, 6) is -3.22. The standard InChI is InChI=1S/C48H77N3O13/c1-14-36-48(10,58)40(53)30(6)51(45(56)49-34-21-17-19-32-18-15-16-20-33(32)34)25-26(2)23-46(8,57)42(64-44-38(52)35(50(11)12)22-27(3)60-44)28(4)39(29(5)43(55)62-36)63-37-24-47(9,59-13)41(54)31(7)61-37/h15-21,26-31,35-42,44,52-54,57-58H,14,22-25H2,1-13H3,(H,49,56)/t26-,27-,28+,29-,30-,31-,35-,36-,37-,38-,39+,40-,41-,42-,44+,46-,47+,48-/m1/s1. The van der Waals surface area contributed by atoms with Crippen molar-refractivity contribution in [2.24, 2.45) is 17.8 Å². The minimum Gasteiger partial charge on any atom is -0.459 e. The third kappa shape index (κ3) is 11.2. The van der Waals surface area contributed by atoms with Crippen molar-refractivity contribution in [1.82, 2.24) is 9.80 Å². The fourth-order valence-electron chi connectivity index (χ4n) is 10.3. The first kappa shape index (κ1) is 52.0. The van der Waals surface area contributed by atoms with Gasteiger partial charge in [0.2, 0.25) is 0 Å². The number of rotatable bonds is 8. The highest BCUT2D eigenvalue weighted by atomic mass is 16.7. The van der Waals surface area contributed by atoms with E-state index in [-0.39, 0.29) is 38.0 Å². The molecule has 0 spiro atoms. The lowest BCUT2D eigenvalue weighted by Crippen LogP contribution is -2.61. The second kappa shape index (κ2) is 20.9. The molecule has 2 aromatic rings. The molecular formula is C48H77N3O13. The lowest BCUT2D eigenvalue weighted by molar-refractivity contribution is -0.318. The summed E-state index contributed by atoms with van der Waals surface area (Å²) in [5.41, 5.74) is -4.34. The fourth-order valence-corrected chi connectivity index (χ4v) is 10.3. The van der Waals surface area contributed by atoms with Crippen molar-refractivity contribution in [3.63, 3.8) is 0 Å². The summed E-state index contributed by atoms with van der Waals surface area (Å²) < 4.78 is 37.9. The molecule has 0 bridgehead atoms. The molecule has 0 aromatic heterocycles. The Morgan fingerprint density at radius 2 is 1.58 bits per heavy atom. The topological polar surface area (TPSA) is 209 Å². The van der Waals surface area contributed by atoms with Gasteiger partial charge in [-0.1, -0.05) is 57.2 Å². The van der Waals surface area contributed by atoms with E-state index >= 15 is 0 Å². The van der Waals surface area contributed by atoms with Crippen molar-refractivity contribution in [3.05, 3.63) is 42.5 Å². The van der Waals surface area contributed by atoms with E-state index in [0.29, 0.717) is 12.1 Å². The van der Waals surface area contributed by atoms with Crippen molar-refractivity contribution in [3.8, 4) is 0 Å². The van der Waals surface area contributed by atoms with Gasteiger partial charge in [-0.15, -0.1) is 0 Å². The van der Waals surface area contributed by atoms with E-state index in [4.69, 9.17) is 28.4 Å². The molecule has 3 fully saturated rings. The van der Waals surface area contributed by atoms with Crippen LogP contribution < -0.4 is 5.32 Å². The zero-order valence-electron chi connectivity index (χ0n) is 40.1. The number of aliphatic hydroxyl groups is 5. The average Bonchev–Trinajstić information content (AvgIpc) is 3.24. The number of benzene rings is 2. The molecule has 5 rings (SSSR count). The monoisotopic (exact) mass is 904 g/mol. The quantitative estimate of drug-likeness (QED) is 0.199. The minimum absolute atomic E-state index is 0.00306. The van der Waals surface area contributed by atoms with E-state index in [2.05, 4.69) is 5.32 Å². The molecule has 18 atom stereocenters. The van der Waals surface area contributed by atoms with Gasteiger partial charge in [0.15, 0.2) is 12.6 Å². The number of aliphatic hydroxyl groups excluding tert-OH is 3. The van der Waals surface area contributed by atoms with Gasteiger partial charge in [0.05, 0.1) is 53.3 Å². The number of likely N-dealkylation sites (N-methyl/N-ethyl adjacent to an activating group) is 1. The van der Waals surface area contributed by atoms with Crippen LogP contribution in [0.15, 0.2) is 42.5 Å². The molecule has 3 aliphatic heterocycles. The van der Waals surface area contributed by atoms with Gasteiger partial charge in [0, 0.05) is 37.4 Å². The third-order valence-electron chi connectivity index (χ3n) is 14.2. The molecular weight excluding hydrogens is 827 g/mol. The van der Waals surface area contributed by atoms with E-state index in [1.54, 1.807) is 54.5 Å². The minimum atomic E-state index is -2.06. The number of cyclic esters (lactones) is 1. The molecule has 362 valence electrons. The summed E-state index contributed by atoms with van der Waals surface area (Å²) in [6, 6.07) is 11.2. The van der Waals surface area contributed by atoms with Crippen LogP contribution in [0.4, 0.5) is 10.5 Å². The fraction of sp³-hybridized carbons (Fsp3) is 0.750. The molecule has 0 saturated carbocycles. The predicted octanol–water partition coefficient (Wildman–Crippen LogP) is 4.66. The van der Waals surface area contributed by atoms with Crippen LogP contribution >= 0.6 is 0 Å². The first-order valence-electron chi connectivity index (χ1n) is 22.9. The zero-order chi connectivity index (χ0) is 47.6. The number of ether oxygens (including phenoxy) is 6. The number of hydrogen-bond acceptors (Lipinski definition) is 14. The molecule has 2 amide bonds. The second-order valence-corrected chi connectivity index (χ2v) is 19.8. The summed E-state index contributed by atoms with van der Waals surface area (Å²) >= 11 is 0. The van der Waals surface area contributed by atoms with Crippen LogP contribution in [-0.2, 0) is 33.2 Å². The summed E-state index contributed by atoms with van der Waals surface area (Å²) in [5, 5.41) is 64.7. The smallest absolute Gasteiger partial charge is 0.322 e. The highest BCUT2D eigenvalue weighted by Crippen LogP contribution is 2.40. The molecule has 0 aliphatic carbocycles. The predicted molar refractivity (Wildman–Crippen MR) is 241 cm³/mol. The molecule has 0 unspecified atom stereocenters. The van der Waals surface area contributed by atoms with E-state index in [0.717, 1.165) is 10.8 Å². The highest BCUT2D eigenvalue weighted by Gasteiger charge is 2.53. The maximum absolute atomic E-state index is 14.6. The summed E-state index contributed by atoms with van der Waals surface area (Å²) in [6.07, 6.45) is -9.82. The summed E-state index contributed by atoms with van der Waals surface area (Å²) in [6.45, 7) is 16.9. The van der Waals surface area contributed by atoms with E-state index < -0.39 is 108 Å². The molecule has 16 nitrogen and oxygen atoms in total. The number of amides is 2. The SMILES string of the molecule is CC[C@H]1OC(=O)[C@H](C)[C@@H](O[C@@H]2C[C@](C)(OC)[C@H](O)[C@@H](C)O2)[C@H](C)[C@@H](O[C@@H]2O[C@H](C)C[C@@H](N(C)C)[C@H]2O)[C@](C)(O)C[C@@H](C)CN(C(=O)Nc2cccc3ccccc23)[C@H](C)[C@@H](O)[C@]1(C)O. The van der Waals surface area contributed by atoms with Crippen molar-refractivity contribution in [2.45, 2.75) is 185 Å². The lowest BCUT2D eigenvalue weighted by Gasteiger charge is -2.48. The first-order chi connectivity index (χ1) is 29.9. The molecule has 2 aromatic carbocycles. The molecule has 16 heteroatoms. The number of nitrogens with zero attached hydrogens (tertiary/aromatic N) is 2. The van der Waals surface area contributed by atoms with E-state index in [1.165, 1.54) is 18.9 Å². The Balaban J connectivity index is 1.61. The maximum Gasteiger partial charge on any atom is 0.322 e. The van der Waals surface area contributed by atoms with Crippen LogP contribution in [0.3, 0.4) is 0 Å². The van der Waals surface area contributed by atoms with Gasteiger partial charge < -0.3 is 69.1 Å². The highest BCUT2D eigenvalue weighted by molar-refractivity contribution is 6.01. The van der Waals surface area contributed by atoms with Crippen molar-refractivity contribution < 1.29 is 63.5 Å². The Hall–Kier alpha value is -3.00. The molecule has 3 heterocycles. The number of anilines is 1. The molecule has 3 saturated heterocycles. The summed E-state index contributed by atoms with van der Waals surface area (Å²) in [4.78, 5) is 32.4. The van der Waals surface area contributed by atoms with Crippen LogP contribution in [0.2, 0.25) is 0 Å². The van der Waals surface area contributed by atoms with Crippen LogP contribution in [0.1, 0.15) is 94.9 Å². The molecule has 0 radical (unpaired) electrons. The van der Waals surface area contributed by atoms with Crippen molar-refractivity contribution >= 4 is 28.5 Å². The zero-order valence-corrected chi connectivity index (χ0v) is 40.1. The van der Waals surface area contributed by atoms with Gasteiger partial charge >= 0.3 is 12.0 Å². The number of carbonyl (C=O) groups is 2. The van der Waals surface area contributed by atoms with Gasteiger partial charge in [0.1, 0.15) is 30.0 Å². The Labute approximate surface area is 379 Å². The summed E-state index contributed by atoms with van der Waals surface area (Å²) in [7, 11) is 5.22. The normalized spacial score (nSPS) is 42.1. The van der Waals surface area contributed by atoms with Gasteiger partial charge in [0.25, 0.3) is 0 Å². The number of methoxy groups -OCH3 is 1. The van der Waals surface area contributed by atoms with Crippen LogP contribution in [0, 0.1) is 17.8 Å². The number of esters is 1.